The van der Waals surface area contributed by atoms with Crippen LogP contribution in [0.3, 0.4) is 0 Å². The molecule has 5 nitrogen and oxygen atoms in total. The quantitative estimate of drug-likeness (QED) is 0.596. The molecule has 108 valence electrons. The Hall–Kier alpha value is -2.60. The lowest BCUT2D eigenvalue weighted by Crippen LogP contribution is -2.26. The number of nitrogens with two attached hydrogens (primary N) is 1. The van der Waals surface area contributed by atoms with Gasteiger partial charge in [-0.15, -0.1) is 0 Å². The summed E-state index contributed by atoms with van der Waals surface area (Å²) in [5, 5.41) is 19.2. The monoisotopic (exact) mass is 302 g/mol. The number of carbonyl (C=O) groups excluding carboxylic acids is 1. The van der Waals surface area contributed by atoms with Crippen LogP contribution in [0.25, 0.3) is 0 Å². The van der Waals surface area contributed by atoms with Crippen LogP contribution in [-0.4, -0.2) is 28.2 Å². The van der Waals surface area contributed by atoms with E-state index in [0.29, 0.717) is 11.3 Å². The maximum atomic E-state index is 12.3. The molecular weight excluding hydrogens is 288 g/mol. The lowest BCUT2D eigenvalue weighted by atomic mass is 10.1. The Morgan fingerprint density at radius 1 is 1.14 bits per heavy atom. The third kappa shape index (κ3) is 2.95. The summed E-state index contributed by atoms with van der Waals surface area (Å²) in [7, 11) is 1.57. The maximum absolute atomic E-state index is 12.3. The largest absolute Gasteiger partial charge is 0.504 e. The number of benzene rings is 2. The molecule has 0 fully saturated rings. The van der Waals surface area contributed by atoms with Crippen LogP contribution in [-0.2, 0) is 0 Å². The fourth-order valence-corrected chi connectivity index (χ4v) is 1.99. The molecule has 0 saturated carbocycles. The second-order valence-corrected chi connectivity index (χ2v) is 4.89. The number of para-hydroxylation sites is 1. The highest BCUT2D eigenvalue weighted by molar-refractivity contribution is 7.80. The van der Waals surface area contributed by atoms with Gasteiger partial charge in [-0.05, 0) is 36.4 Å². The maximum Gasteiger partial charge on any atom is 0.261 e. The van der Waals surface area contributed by atoms with E-state index in [2.05, 4.69) is 0 Å². The molecular formula is C15H14N2O3S. The molecule has 0 atom stereocenters. The van der Waals surface area contributed by atoms with Crippen molar-refractivity contribution in [1.29, 1.82) is 0 Å². The number of hydrogen-bond acceptors (Lipinski definition) is 4. The Labute approximate surface area is 127 Å². The van der Waals surface area contributed by atoms with Crippen molar-refractivity contribution in [2.45, 2.75) is 0 Å². The Morgan fingerprint density at radius 3 is 2.33 bits per heavy atom. The summed E-state index contributed by atoms with van der Waals surface area (Å²) in [6.07, 6.45) is 0. The molecule has 0 aromatic heterocycles. The molecule has 2 aromatic rings. The van der Waals surface area contributed by atoms with Crippen molar-refractivity contribution < 1.29 is 15.0 Å². The zero-order valence-corrected chi connectivity index (χ0v) is 12.1. The second-order valence-electron chi connectivity index (χ2n) is 4.45. The van der Waals surface area contributed by atoms with Crippen molar-refractivity contribution in [3.8, 4) is 11.5 Å². The number of nitrogens with zero attached hydrogens (tertiary/aromatic N) is 1. The highest BCUT2D eigenvalue weighted by Crippen LogP contribution is 2.30. The van der Waals surface area contributed by atoms with Crippen molar-refractivity contribution in [2.24, 2.45) is 5.73 Å². The van der Waals surface area contributed by atoms with Crippen LogP contribution >= 0.6 is 12.2 Å². The van der Waals surface area contributed by atoms with Gasteiger partial charge < -0.3 is 20.8 Å². The number of anilines is 1. The van der Waals surface area contributed by atoms with Gasteiger partial charge in [0.05, 0.1) is 5.56 Å². The molecule has 0 aliphatic heterocycles. The first kappa shape index (κ1) is 14.8. The molecule has 0 bridgehead atoms. The molecule has 4 N–H and O–H groups in total. The molecule has 2 aromatic carbocycles. The number of aromatic hydroxyl groups is 2. The van der Waals surface area contributed by atoms with Gasteiger partial charge in [0, 0.05) is 18.3 Å². The Morgan fingerprint density at radius 2 is 1.76 bits per heavy atom. The number of thiocarbonyl (C=S) groups is 1. The first-order valence-corrected chi connectivity index (χ1v) is 6.51. The molecule has 0 spiro atoms. The highest BCUT2D eigenvalue weighted by Gasteiger charge is 2.19. The van der Waals surface area contributed by atoms with Crippen LogP contribution in [0.15, 0.2) is 42.5 Å². The fourth-order valence-electron chi connectivity index (χ4n) is 1.85. The molecule has 1 amide bonds. The van der Waals surface area contributed by atoms with Crippen molar-refractivity contribution in [3.63, 3.8) is 0 Å². The van der Waals surface area contributed by atoms with Crippen molar-refractivity contribution >= 4 is 28.8 Å². The van der Waals surface area contributed by atoms with Crippen LogP contribution in [0.4, 0.5) is 5.69 Å². The number of carbonyl (C=O) groups is 1. The average Bonchev–Trinajstić information content (AvgIpc) is 2.48. The van der Waals surface area contributed by atoms with Gasteiger partial charge in [-0.1, -0.05) is 18.3 Å². The molecule has 0 aliphatic carbocycles. The van der Waals surface area contributed by atoms with Gasteiger partial charge in [0.1, 0.15) is 4.99 Å². The van der Waals surface area contributed by atoms with E-state index in [-0.39, 0.29) is 16.3 Å². The highest BCUT2D eigenvalue weighted by atomic mass is 32.1. The SMILES string of the molecule is CN(C(=O)c1cccc(O)c1O)c1ccc(C(N)=S)cc1. The van der Waals surface area contributed by atoms with Gasteiger partial charge in [-0.2, -0.15) is 0 Å². The molecule has 0 unspecified atom stereocenters. The minimum atomic E-state index is -0.438. The number of hydrogen-bond donors (Lipinski definition) is 3. The molecule has 0 radical (unpaired) electrons. The smallest absolute Gasteiger partial charge is 0.261 e. The van der Waals surface area contributed by atoms with Crippen molar-refractivity contribution in [2.75, 3.05) is 11.9 Å². The first-order chi connectivity index (χ1) is 9.91. The molecule has 0 heterocycles. The third-order valence-corrected chi connectivity index (χ3v) is 3.32. The van der Waals surface area contributed by atoms with Crippen LogP contribution in [0.2, 0.25) is 0 Å². The van der Waals surface area contributed by atoms with Gasteiger partial charge in [0.15, 0.2) is 11.5 Å². The molecule has 2 rings (SSSR count). The van der Waals surface area contributed by atoms with Crippen molar-refractivity contribution in [1.82, 2.24) is 0 Å². The summed E-state index contributed by atoms with van der Waals surface area (Å²) < 4.78 is 0. The van der Waals surface area contributed by atoms with E-state index in [0.717, 1.165) is 0 Å². The molecule has 0 saturated heterocycles. The van der Waals surface area contributed by atoms with Crippen LogP contribution in [0.1, 0.15) is 15.9 Å². The van der Waals surface area contributed by atoms with Gasteiger partial charge in [0.2, 0.25) is 0 Å². The standard InChI is InChI=1S/C15H14N2O3S/c1-17(10-7-5-9(6-8-10)14(16)21)15(20)11-3-2-4-12(18)13(11)19/h2-8,18-19H,1H3,(H2,16,21). The summed E-state index contributed by atoms with van der Waals surface area (Å²) in [6.45, 7) is 0. The number of rotatable bonds is 3. The first-order valence-electron chi connectivity index (χ1n) is 6.10. The van der Waals surface area contributed by atoms with E-state index >= 15 is 0 Å². The zero-order chi connectivity index (χ0) is 15.6. The molecule has 6 heteroatoms. The van der Waals surface area contributed by atoms with E-state index in [1.165, 1.54) is 23.1 Å². The van der Waals surface area contributed by atoms with Crippen LogP contribution in [0.5, 0.6) is 11.5 Å². The summed E-state index contributed by atoms with van der Waals surface area (Å²) in [5.41, 5.74) is 6.86. The van der Waals surface area contributed by atoms with Gasteiger partial charge >= 0.3 is 0 Å². The van der Waals surface area contributed by atoms with Crippen molar-refractivity contribution in [3.05, 3.63) is 53.6 Å². The van der Waals surface area contributed by atoms with E-state index in [4.69, 9.17) is 18.0 Å². The summed E-state index contributed by atoms with van der Waals surface area (Å²) in [6, 6.07) is 11.1. The Bertz CT molecular complexity index is 699. The lowest BCUT2D eigenvalue weighted by molar-refractivity contribution is 0.0990. The van der Waals surface area contributed by atoms with Crippen LogP contribution < -0.4 is 10.6 Å². The normalized spacial score (nSPS) is 10.1. The van der Waals surface area contributed by atoms with Gasteiger partial charge in [-0.3, -0.25) is 4.79 Å². The van der Waals surface area contributed by atoms with Gasteiger partial charge in [-0.25, -0.2) is 0 Å². The summed E-state index contributed by atoms with van der Waals surface area (Å²) >= 11 is 4.87. The molecule has 21 heavy (non-hydrogen) atoms. The number of amides is 1. The Kier molecular flexibility index (Phi) is 4.09. The molecule has 0 aliphatic rings. The fraction of sp³-hybridized carbons (Fsp3) is 0.0667. The van der Waals surface area contributed by atoms with E-state index in [9.17, 15) is 15.0 Å². The third-order valence-electron chi connectivity index (χ3n) is 3.09. The van der Waals surface area contributed by atoms with E-state index in [1.807, 2.05) is 0 Å². The average molecular weight is 302 g/mol. The van der Waals surface area contributed by atoms with E-state index in [1.54, 1.807) is 31.3 Å². The Balaban J connectivity index is 2.30. The van der Waals surface area contributed by atoms with Gasteiger partial charge in [0.25, 0.3) is 5.91 Å². The minimum absolute atomic E-state index is 0.0240. The van der Waals surface area contributed by atoms with E-state index < -0.39 is 11.7 Å². The summed E-state index contributed by atoms with van der Waals surface area (Å²) in [4.78, 5) is 14.0. The summed E-state index contributed by atoms with van der Waals surface area (Å²) in [5.74, 6) is -1.21. The number of phenolic OH excluding ortho intramolecular Hbond substituents is 2. The van der Waals surface area contributed by atoms with Crippen LogP contribution in [0, 0.1) is 0 Å². The minimum Gasteiger partial charge on any atom is -0.504 e. The topological polar surface area (TPSA) is 86.8 Å². The zero-order valence-electron chi connectivity index (χ0n) is 11.3. The predicted octanol–water partition coefficient (Wildman–Crippen LogP) is 2.01. The lowest BCUT2D eigenvalue weighted by Gasteiger charge is -2.18. The number of phenols is 2. The predicted molar refractivity (Wildman–Crippen MR) is 84.8 cm³/mol. The second kappa shape index (κ2) is 5.80.